The molecule has 10 heteroatoms. The van der Waals surface area contributed by atoms with E-state index in [9.17, 15) is 18.4 Å². The highest BCUT2D eigenvalue weighted by Gasteiger charge is 2.26. The smallest absolute Gasteiger partial charge is 0.255 e. The molecular formula is C29H27F2N5O3. The molecule has 0 saturated carbocycles. The van der Waals surface area contributed by atoms with Gasteiger partial charge in [0.05, 0.1) is 30.6 Å². The van der Waals surface area contributed by atoms with Crippen LogP contribution in [0.15, 0.2) is 73.2 Å². The molecule has 0 radical (unpaired) electrons. The van der Waals surface area contributed by atoms with E-state index in [1.165, 1.54) is 25.4 Å². The molecule has 0 atom stereocenters. The second-order valence-corrected chi connectivity index (χ2v) is 9.40. The third-order valence-electron chi connectivity index (χ3n) is 6.77. The lowest BCUT2D eigenvalue weighted by Crippen LogP contribution is -2.39. The van der Waals surface area contributed by atoms with Gasteiger partial charge in [0.25, 0.3) is 11.8 Å². The highest BCUT2D eigenvalue weighted by Crippen LogP contribution is 2.25. The number of likely N-dealkylation sites (tertiary alicyclic amines) is 1. The van der Waals surface area contributed by atoms with E-state index < -0.39 is 5.82 Å². The van der Waals surface area contributed by atoms with E-state index in [0.29, 0.717) is 43.6 Å². The molecule has 3 heterocycles. The van der Waals surface area contributed by atoms with Crippen molar-refractivity contribution in [3.8, 4) is 5.88 Å². The summed E-state index contributed by atoms with van der Waals surface area (Å²) in [4.78, 5) is 31.0. The Morgan fingerprint density at radius 3 is 2.28 bits per heavy atom. The van der Waals surface area contributed by atoms with Crippen molar-refractivity contribution in [3.63, 3.8) is 0 Å². The fourth-order valence-electron chi connectivity index (χ4n) is 4.63. The maximum Gasteiger partial charge on any atom is 0.255 e. The highest BCUT2D eigenvalue weighted by atomic mass is 19.1. The summed E-state index contributed by atoms with van der Waals surface area (Å²) >= 11 is 0. The van der Waals surface area contributed by atoms with Crippen LogP contribution in [0.5, 0.6) is 5.88 Å². The van der Waals surface area contributed by atoms with Crippen molar-refractivity contribution in [2.45, 2.75) is 25.3 Å². The minimum atomic E-state index is -0.676. The van der Waals surface area contributed by atoms with Gasteiger partial charge in [0.15, 0.2) is 5.82 Å². The van der Waals surface area contributed by atoms with Gasteiger partial charge in [-0.15, -0.1) is 0 Å². The van der Waals surface area contributed by atoms with Crippen LogP contribution < -0.4 is 10.1 Å². The number of nitrogens with one attached hydrogen (secondary N) is 1. The quantitative estimate of drug-likeness (QED) is 0.367. The van der Waals surface area contributed by atoms with Crippen molar-refractivity contribution >= 4 is 17.5 Å². The summed E-state index contributed by atoms with van der Waals surface area (Å²) in [6.07, 6.45) is 6.69. The number of aromatic nitrogens is 3. The fourth-order valence-corrected chi connectivity index (χ4v) is 4.63. The molecule has 1 saturated heterocycles. The molecule has 1 aliphatic heterocycles. The molecule has 8 nitrogen and oxygen atoms in total. The lowest BCUT2D eigenvalue weighted by atomic mass is 10.0. The molecule has 39 heavy (non-hydrogen) atoms. The standard InChI is InChI=1S/C29H27F2N5O3/c1-39-28-26(31)15-22(16-32-28)29(38)35-12-10-25(11-13-35)36-18-24(17-33-36)34-27(37)21-6-2-19(3-7-21)14-20-4-8-23(30)9-5-20/h2-9,15-18,25H,10-14H2,1H3,(H,34,37). The predicted octanol–water partition coefficient (Wildman–Crippen LogP) is 4.89. The van der Waals surface area contributed by atoms with Gasteiger partial charge in [-0.05, 0) is 60.7 Å². The van der Waals surface area contributed by atoms with E-state index in [1.54, 1.807) is 46.2 Å². The maximum absolute atomic E-state index is 14.0. The monoisotopic (exact) mass is 531 g/mol. The number of pyridine rings is 1. The van der Waals surface area contributed by atoms with Crippen molar-refractivity contribution < 1.29 is 23.1 Å². The van der Waals surface area contributed by atoms with Gasteiger partial charge >= 0.3 is 0 Å². The Hall–Kier alpha value is -4.60. The summed E-state index contributed by atoms with van der Waals surface area (Å²) in [5.74, 6) is -1.62. The van der Waals surface area contributed by atoms with Crippen LogP contribution in [0.3, 0.4) is 0 Å². The molecule has 0 aliphatic carbocycles. The third-order valence-corrected chi connectivity index (χ3v) is 6.77. The number of benzene rings is 2. The molecule has 0 spiro atoms. The molecule has 2 aromatic carbocycles. The summed E-state index contributed by atoms with van der Waals surface area (Å²) in [5.41, 5.74) is 3.28. The van der Waals surface area contributed by atoms with E-state index >= 15 is 0 Å². The molecule has 200 valence electrons. The Labute approximate surface area is 224 Å². The van der Waals surface area contributed by atoms with Gasteiger partial charge in [0.2, 0.25) is 5.88 Å². The molecular weight excluding hydrogens is 504 g/mol. The Morgan fingerprint density at radius 2 is 1.64 bits per heavy atom. The van der Waals surface area contributed by atoms with Gasteiger partial charge in [-0.25, -0.2) is 13.8 Å². The molecule has 0 bridgehead atoms. The van der Waals surface area contributed by atoms with Gasteiger partial charge in [0.1, 0.15) is 5.82 Å². The first-order valence-corrected chi connectivity index (χ1v) is 12.6. The summed E-state index contributed by atoms with van der Waals surface area (Å²) in [6, 6.07) is 14.8. The van der Waals surface area contributed by atoms with Crippen molar-refractivity contribution in [2.24, 2.45) is 0 Å². The molecule has 1 N–H and O–H groups in total. The van der Waals surface area contributed by atoms with Crippen molar-refractivity contribution in [3.05, 3.63) is 107 Å². The molecule has 2 amide bonds. The first-order valence-electron chi connectivity index (χ1n) is 12.6. The number of amides is 2. The summed E-state index contributed by atoms with van der Waals surface area (Å²) in [7, 11) is 1.32. The number of methoxy groups -OCH3 is 1. The minimum Gasteiger partial charge on any atom is -0.479 e. The number of piperidine rings is 1. The Morgan fingerprint density at radius 1 is 0.974 bits per heavy atom. The Bertz CT molecular complexity index is 1460. The van der Waals surface area contributed by atoms with E-state index in [0.717, 1.165) is 17.2 Å². The molecule has 5 rings (SSSR count). The number of halogens is 2. The third kappa shape index (κ3) is 6.11. The second kappa shape index (κ2) is 11.4. The fraction of sp³-hybridized carbons (Fsp3) is 0.241. The zero-order valence-corrected chi connectivity index (χ0v) is 21.3. The normalized spacial score (nSPS) is 13.8. The molecule has 4 aromatic rings. The Kier molecular flexibility index (Phi) is 7.62. The van der Waals surface area contributed by atoms with Gasteiger partial charge in [-0.2, -0.15) is 5.10 Å². The number of rotatable bonds is 7. The van der Waals surface area contributed by atoms with Crippen molar-refractivity contribution in [1.82, 2.24) is 19.7 Å². The van der Waals surface area contributed by atoms with Gasteiger partial charge in [-0.1, -0.05) is 24.3 Å². The summed E-state index contributed by atoms with van der Waals surface area (Å²) < 4.78 is 33.7. The van der Waals surface area contributed by atoms with Crippen molar-refractivity contribution in [1.29, 1.82) is 0 Å². The molecule has 1 fully saturated rings. The van der Waals surface area contributed by atoms with Crippen LogP contribution in [0.2, 0.25) is 0 Å². The minimum absolute atomic E-state index is 0.0659. The first-order chi connectivity index (χ1) is 18.9. The lowest BCUT2D eigenvalue weighted by molar-refractivity contribution is 0.0688. The predicted molar refractivity (Wildman–Crippen MR) is 141 cm³/mol. The number of hydrogen-bond acceptors (Lipinski definition) is 5. The summed E-state index contributed by atoms with van der Waals surface area (Å²) in [6.45, 7) is 0.978. The number of ether oxygens (including phenoxy) is 1. The number of carbonyl (C=O) groups excluding carboxylic acids is 2. The van der Waals surface area contributed by atoms with Crippen LogP contribution in [0.4, 0.5) is 14.5 Å². The Balaban J connectivity index is 1.14. The SMILES string of the molecule is COc1ncc(C(=O)N2CCC(n3cc(NC(=O)c4ccc(Cc5ccc(F)cc5)cc4)cn3)CC2)cc1F. The largest absolute Gasteiger partial charge is 0.479 e. The van der Waals surface area contributed by atoms with Crippen LogP contribution in [-0.4, -0.2) is 51.7 Å². The van der Waals surface area contributed by atoms with Crippen LogP contribution in [0.1, 0.15) is 50.7 Å². The van der Waals surface area contributed by atoms with Gasteiger partial charge in [0, 0.05) is 31.0 Å². The van der Waals surface area contributed by atoms with E-state index in [4.69, 9.17) is 4.74 Å². The molecule has 0 unspecified atom stereocenters. The topological polar surface area (TPSA) is 89.4 Å². The number of nitrogens with zero attached hydrogens (tertiary/aromatic N) is 4. The van der Waals surface area contributed by atoms with Crippen LogP contribution in [0, 0.1) is 11.6 Å². The maximum atomic E-state index is 14.0. The molecule has 2 aromatic heterocycles. The van der Waals surface area contributed by atoms with Crippen LogP contribution in [-0.2, 0) is 6.42 Å². The number of carbonyl (C=O) groups is 2. The first kappa shape index (κ1) is 26.0. The zero-order chi connectivity index (χ0) is 27.4. The second-order valence-electron chi connectivity index (χ2n) is 9.40. The van der Waals surface area contributed by atoms with E-state index in [-0.39, 0.29) is 35.1 Å². The van der Waals surface area contributed by atoms with Gasteiger partial charge in [-0.3, -0.25) is 14.3 Å². The van der Waals surface area contributed by atoms with Crippen LogP contribution >= 0.6 is 0 Å². The van der Waals surface area contributed by atoms with E-state index in [1.807, 2.05) is 12.1 Å². The number of hydrogen-bond donors (Lipinski definition) is 1. The summed E-state index contributed by atoms with van der Waals surface area (Å²) in [5, 5.41) is 7.29. The average molecular weight is 532 g/mol. The molecule has 1 aliphatic rings. The van der Waals surface area contributed by atoms with E-state index in [2.05, 4.69) is 15.4 Å². The zero-order valence-electron chi connectivity index (χ0n) is 21.3. The number of anilines is 1. The average Bonchev–Trinajstić information content (AvgIpc) is 3.42. The van der Waals surface area contributed by atoms with Crippen LogP contribution in [0.25, 0.3) is 0 Å². The van der Waals surface area contributed by atoms with Gasteiger partial charge < -0.3 is 15.0 Å². The lowest BCUT2D eigenvalue weighted by Gasteiger charge is -2.32. The highest BCUT2D eigenvalue weighted by molar-refractivity contribution is 6.04. The van der Waals surface area contributed by atoms with Crippen molar-refractivity contribution in [2.75, 3.05) is 25.5 Å².